The fraction of sp³-hybridized carbons (Fsp3) is 0.591. The third-order valence-corrected chi connectivity index (χ3v) is 8.39. The Balaban J connectivity index is -0.000000241. The highest BCUT2D eigenvalue weighted by Gasteiger charge is 2.26. The van der Waals surface area contributed by atoms with Crippen LogP contribution in [0.25, 0.3) is 0 Å². The van der Waals surface area contributed by atoms with Gasteiger partial charge in [0.2, 0.25) is 11.1 Å². The molecule has 62 heavy (non-hydrogen) atoms. The second kappa shape index (κ2) is 36.0. The van der Waals surface area contributed by atoms with E-state index in [0.29, 0.717) is 19.3 Å². The quantitative estimate of drug-likeness (QED) is 0.0531. The molecule has 7 N–H and O–H groups in total. The fourth-order valence-electron chi connectivity index (χ4n) is 4.97. The predicted octanol–water partition coefficient (Wildman–Crippen LogP) is 5.72. The first-order valence-electron chi connectivity index (χ1n) is 18.7. The maximum Gasteiger partial charge on any atom is 0.320 e. The minimum absolute atomic E-state index is 0. The van der Waals surface area contributed by atoms with Gasteiger partial charge in [0.15, 0.2) is 0 Å². The van der Waals surface area contributed by atoms with Gasteiger partial charge in [0.1, 0.15) is 17.7 Å². The minimum atomic E-state index is -0.957. The van der Waals surface area contributed by atoms with Gasteiger partial charge in [0.05, 0.1) is 33.4 Å². The van der Waals surface area contributed by atoms with Gasteiger partial charge in [0, 0.05) is 30.3 Å². The molecule has 0 bridgehead atoms. The number of esters is 3. The van der Waals surface area contributed by atoms with Crippen LogP contribution in [-0.2, 0) is 55.8 Å². The van der Waals surface area contributed by atoms with E-state index in [4.69, 9.17) is 22.4 Å². The summed E-state index contributed by atoms with van der Waals surface area (Å²) in [4.78, 5) is 65.9. The number of hydrogen-bond donors (Lipinski definition) is 6. The number of rotatable bonds is 20. The first kappa shape index (κ1) is 66.5. The van der Waals surface area contributed by atoms with E-state index in [1.807, 2.05) is 27.7 Å². The Morgan fingerprint density at radius 1 is 0.629 bits per heavy atom. The average Bonchev–Trinajstić information content (AvgIpc) is 3.16. The molecule has 0 unspecified atom stereocenters. The van der Waals surface area contributed by atoms with E-state index in [1.54, 1.807) is 38.4 Å². The van der Waals surface area contributed by atoms with Crippen molar-refractivity contribution in [1.29, 1.82) is 0 Å². The first-order chi connectivity index (χ1) is 27.5. The van der Waals surface area contributed by atoms with Crippen molar-refractivity contribution < 1.29 is 56.9 Å². The molecule has 0 radical (unpaired) electrons. The molecule has 0 heterocycles. The van der Waals surface area contributed by atoms with E-state index in [-0.39, 0.29) is 83.0 Å². The summed E-state index contributed by atoms with van der Waals surface area (Å²) in [5.74, 6) is -2.69. The monoisotopic (exact) mass is 908 g/mol. The molecule has 0 saturated carbocycles. The Hall–Kier alpha value is -4.55. The van der Waals surface area contributed by atoms with Gasteiger partial charge in [-0.1, -0.05) is 46.5 Å². The highest BCUT2D eigenvalue weighted by molar-refractivity contribution is 6.64. The van der Waals surface area contributed by atoms with Crippen LogP contribution in [0.15, 0.2) is 48.5 Å². The van der Waals surface area contributed by atoms with E-state index in [0.717, 1.165) is 17.5 Å². The van der Waals surface area contributed by atoms with E-state index in [9.17, 15) is 37.5 Å². The summed E-state index contributed by atoms with van der Waals surface area (Å²) in [5, 5.41) is 19.2. The van der Waals surface area contributed by atoms with Crippen molar-refractivity contribution in [3.8, 4) is 0 Å². The molecule has 2 aromatic rings. The Kier molecular flexibility index (Phi) is 38.6. The summed E-state index contributed by atoms with van der Waals surface area (Å²) in [6, 6.07) is 11.1. The predicted molar refractivity (Wildman–Crippen MR) is 242 cm³/mol. The molecule has 2 rings (SSSR count). The molecular formula is C44H76ClF2N5O10. The van der Waals surface area contributed by atoms with Crippen molar-refractivity contribution in [1.82, 2.24) is 21.3 Å². The van der Waals surface area contributed by atoms with Crippen LogP contribution in [0.2, 0.25) is 0 Å². The number of aliphatic carboxylic acids is 1. The zero-order valence-corrected chi connectivity index (χ0v) is 36.6. The molecule has 15 nitrogen and oxygen atoms in total. The summed E-state index contributed by atoms with van der Waals surface area (Å²) in [5.41, 5.74) is 7.11. The lowest BCUT2D eigenvalue weighted by Crippen LogP contribution is -2.52. The molecule has 0 saturated heterocycles. The molecule has 3 atom stereocenters. The van der Waals surface area contributed by atoms with E-state index >= 15 is 0 Å². The molecule has 0 spiro atoms. The van der Waals surface area contributed by atoms with E-state index in [2.05, 4.69) is 35.5 Å². The van der Waals surface area contributed by atoms with Crippen LogP contribution in [-0.4, -0.2) is 112 Å². The highest BCUT2D eigenvalue weighted by atomic mass is 35.5. The van der Waals surface area contributed by atoms with Crippen LogP contribution in [0.5, 0.6) is 0 Å². The van der Waals surface area contributed by atoms with Crippen LogP contribution in [0.3, 0.4) is 0 Å². The molecule has 1 amide bonds. The van der Waals surface area contributed by atoms with Gasteiger partial charge in [-0.15, -0.1) is 0 Å². The molecule has 0 aliphatic carbocycles. The number of benzene rings is 2. The summed E-state index contributed by atoms with van der Waals surface area (Å²) < 4.78 is 38.8. The third-order valence-electron chi connectivity index (χ3n) is 8.12. The van der Waals surface area contributed by atoms with Crippen LogP contribution in [0.1, 0.15) is 99.6 Å². The zero-order valence-electron chi connectivity index (χ0n) is 35.8. The smallest absolute Gasteiger partial charge is 0.320 e. The van der Waals surface area contributed by atoms with Crippen molar-refractivity contribution in [2.24, 2.45) is 5.73 Å². The van der Waals surface area contributed by atoms with Crippen LogP contribution in [0.4, 0.5) is 8.78 Å². The summed E-state index contributed by atoms with van der Waals surface area (Å²) >= 11 is 5.22. The number of likely N-dealkylation sites (N-methyl/N-ethyl adjacent to an activating group) is 3. The number of carbonyl (C=O) groups excluding carboxylic acids is 5. The molecule has 0 aromatic heterocycles. The van der Waals surface area contributed by atoms with Gasteiger partial charge in [0.25, 0.3) is 0 Å². The third kappa shape index (κ3) is 34.1. The fourth-order valence-corrected chi connectivity index (χ4v) is 5.19. The Morgan fingerprint density at radius 2 is 0.952 bits per heavy atom. The number of nitrogens with one attached hydrogen (secondary N) is 4. The number of halogens is 3. The van der Waals surface area contributed by atoms with Crippen LogP contribution in [0, 0.1) is 11.6 Å². The number of carboxylic acid groups (broad SMARTS) is 1. The summed E-state index contributed by atoms with van der Waals surface area (Å²) in [6.07, 6.45) is 2.81. The molecule has 0 fully saturated rings. The van der Waals surface area contributed by atoms with E-state index < -0.39 is 40.8 Å². The van der Waals surface area contributed by atoms with Gasteiger partial charge in [-0.3, -0.25) is 28.8 Å². The van der Waals surface area contributed by atoms with Crippen molar-refractivity contribution in [2.45, 2.75) is 131 Å². The Bertz CT molecular complexity index is 1520. The van der Waals surface area contributed by atoms with Crippen LogP contribution >= 0.6 is 11.6 Å². The number of ether oxygens (including phenoxy) is 3. The number of methoxy groups -OCH3 is 3. The van der Waals surface area contributed by atoms with Gasteiger partial charge < -0.3 is 46.3 Å². The zero-order chi connectivity index (χ0) is 45.8. The van der Waals surface area contributed by atoms with Crippen molar-refractivity contribution in [3.63, 3.8) is 0 Å². The standard InChI is InChI=1S/C17H25FN2O3.C10H14FN.C7H12ClNO3.C7H13NO4.3CH4/c1-17(2,11-12-5-7-13(18)8-6-12)20-16(22)14(19-3)9-10-15(21)23-4;1-10(2,12)7-8-3-5-9(11)6-4-8;1-9-5(7(8)11)3-4-6(10)12-2;1-8-5(7(10)11)3-4-6(9)12-2;;;/h5-8,14,19H,9-11H2,1-4H3,(H,20,22);3-6H,7,12H2,1-2H3;5,9H,3-4H2,1-2H3;5,8H,3-4H2,1-2H3,(H,10,11);3*1H4/t14-;;2*5-;;;/m0.00.../s1. The van der Waals surface area contributed by atoms with Crippen molar-refractivity contribution in [3.05, 3.63) is 71.3 Å². The van der Waals surface area contributed by atoms with Gasteiger partial charge in [-0.25, -0.2) is 8.78 Å². The lowest BCUT2D eigenvalue weighted by Gasteiger charge is -2.29. The molecule has 358 valence electrons. The molecule has 0 aliphatic rings. The van der Waals surface area contributed by atoms with Gasteiger partial charge >= 0.3 is 23.9 Å². The lowest BCUT2D eigenvalue weighted by atomic mass is 9.94. The second-order valence-corrected chi connectivity index (χ2v) is 14.9. The number of amides is 1. The number of nitrogens with two attached hydrogens (primary N) is 1. The molecule has 18 heteroatoms. The average molecular weight is 909 g/mol. The summed E-state index contributed by atoms with van der Waals surface area (Å²) in [6.45, 7) is 7.72. The topological polar surface area (TPSA) is 224 Å². The molecular weight excluding hydrogens is 832 g/mol. The van der Waals surface area contributed by atoms with Gasteiger partial charge in [-0.05, 0) is 128 Å². The number of hydrogen-bond acceptors (Lipinski definition) is 13. The molecule has 2 aromatic carbocycles. The minimum Gasteiger partial charge on any atom is -0.480 e. The van der Waals surface area contributed by atoms with Gasteiger partial charge in [-0.2, -0.15) is 0 Å². The summed E-state index contributed by atoms with van der Waals surface area (Å²) in [7, 11) is 8.73. The molecule has 0 aliphatic heterocycles. The van der Waals surface area contributed by atoms with Crippen molar-refractivity contribution >= 4 is 46.6 Å². The van der Waals surface area contributed by atoms with Crippen molar-refractivity contribution in [2.75, 3.05) is 42.5 Å². The Labute approximate surface area is 373 Å². The lowest BCUT2D eigenvalue weighted by molar-refractivity contribution is -0.143. The Morgan fingerprint density at radius 3 is 1.24 bits per heavy atom. The number of carboxylic acids is 1. The normalized spacial score (nSPS) is 11.6. The van der Waals surface area contributed by atoms with E-state index in [1.165, 1.54) is 52.6 Å². The first-order valence-corrected chi connectivity index (χ1v) is 19.1. The van der Waals surface area contributed by atoms with Crippen LogP contribution < -0.4 is 27.0 Å². The SMILES string of the molecule is C.C.C.CC(C)(N)Cc1ccc(F)cc1.CN[C@@H](CCC(=O)OC)C(=O)Cl.CN[C@@H](CCC(=O)OC)C(=O)NC(C)(C)Cc1ccc(F)cc1.CN[C@@H](CCC(=O)OC)C(=O)O. The highest BCUT2D eigenvalue weighted by Crippen LogP contribution is 2.15. The number of carbonyl (C=O) groups is 6. The maximum atomic E-state index is 12.9. The maximum absolute atomic E-state index is 12.9. The largest absolute Gasteiger partial charge is 0.480 e. The second-order valence-electron chi connectivity index (χ2n) is 14.5.